The van der Waals surface area contributed by atoms with Crippen molar-refractivity contribution in [3.63, 3.8) is 0 Å². The molecule has 4 saturated carbocycles. The van der Waals surface area contributed by atoms with Crippen LogP contribution in [0.1, 0.15) is 240 Å². The quantitative estimate of drug-likeness (QED) is 0.0272. The van der Waals surface area contributed by atoms with Gasteiger partial charge in [-0.25, -0.2) is 44.3 Å². The van der Waals surface area contributed by atoms with E-state index in [4.69, 9.17) is 79.0 Å². The Morgan fingerprint density at radius 3 is 1.22 bits per heavy atom. The van der Waals surface area contributed by atoms with Crippen molar-refractivity contribution < 1.29 is 52.7 Å². The number of carboxylic acids is 1. The number of hydrogen-bond acceptors (Lipinski definition) is 21. The number of aromatic amines is 1. The minimum absolute atomic E-state index is 0.0652. The number of nitrogens with one attached hydrogen (secondary N) is 1. The van der Waals surface area contributed by atoms with Crippen molar-refractivity contribution >= 4 is 92.1 Å². The van der Waals surface area contributed by atoms with Gasteiger partial charge in [-0.15, -0.1) is 11.6 Å². The highest BCUT2D eigenvalue weighted by Crippen LogP contribution is 2.43. The second kappa shape index (κ2) is 37.6. The molecular formula is C93H96Cl3N21O11. The molecule has 16 aromatic rings. The van der Waals surface area contributed by atoms with Crippen molar-refractivity contribution in [3.05, 3.63) is 284 Å². The molecule has 660 valence electrons. The Bertz CT molecular complexity index is 6730. The maximum absolute atomic E-state index is 13.3. The molecule has 20 heterocycles. The Labute approximate surface area is 749 Å². The van der Waals surface area contributed by atoms with Crippen molar-refractivity contribution in [1.29, 1.82) is 0 Å². The van der Waals surface area contributed by atoms with E-state index < -0.39 is 5.97 Å². The second-order valence-corrected chi connectivity index (χ2v) is 34.8. The standard InChI is InChI=1S/C27H25ClN6O2.C20H22N4O3.C18H18N4O3.C11H11ClN2.C9H12N2O3.C8H8ClN3/c28-20-7-8-32-16-29-23(24(32)9-20)4-5-25(35)22-13-34(31-27(22)19-14-36-15-19)12-21-11-33-10-18(17-1-2-17)3-6-26(33)30-21;1-2-27-20(25)17-10-24(22-19(17)15-11-26-12-15)9-16-8-23-7-14(13-3-4-13)5-6-18(23)21-16;23-18(24)15-8-22(20-17(15)13-9-25-10-13)7-14-6-21-5-12(11-1-2-11)3-4-16(21)19-14;12-5-10-7-14-6-9(8-1-2-8)3-4-11(14)13-10;1-2-14-9(12)7-3-10-11-8(7)6-4-13-5-6;9-6-1-2-12-5-11-7(4-10)8(12)3-6/h3,6-11,13,16-17,19H,1-2,4-5,12,14-15H2;5-8,10,13,15H,2-4,9,11-12H2,1H3;3-6,8,11,13H,1-2,7,9-10H2,(H,23,24);3-4,6-8H,1-2,5H2;3,6H,2,4-5H2,1H3,(H,10,11);1-3,5H,4,10H2. The van der Waals surface area contributed by atoms with Crippen molar-refractivity contribution in [1.82, 2.24) is 95.8 Å². The fourth-order valence-corrected chi connectivity index (χ4v) is 16.6. The number of nitrogens with two attached hydrogens (primary N) is 1. The summed E-state index contributed by atoms with van der Waals surface area (Å²) in [6.45, 7) is 11.0. The third-order valence-electron chi connectivity index (χ3n) is 24.0. The number of halogens is 3. The molecule has 0 amide bonds. The van der Waals surface area contributed by atoms with Gasteiger partial charge in [-0.2, -0.15) is 20.4 Å². The molecule has 0 unspecified atom stereocenters. The summed E-state index contributed by atoms with van der Waals surface area (Å²) in [7, 11) is 0. The van der Waals surface area contributed by atoms with E-state index >= 15 is 0 Å². The first-order chi connectivity index (χ1) is 62.5. The van der Waals surface area contributed by atoms with Crippen LogP contribution in [0.15, 0.2) is 172 Å². The average Bonchev–Trinajstić information content (AvgIpc) is 1.66. The summed E-state index contributed by atoms with van der Waals surface area (Å²) in [6, 6.07) is 24.3. The first kappa shape index (κ1) is 85.2. The van der Waals surface area contributed by atoms with E-state index in [-0.39, 0.29) is 47.0 Å². The van der Waals surface area contributed by atoms with Gasteiger partial charge < -0.3 is 65.7 Å². The van der Waals surface area contributed by atoms with Crippen LogP contribution in [-0.2, 0) is 66.9 Å². The van der Waals surface area contributed by atoms with Crippen LogP contribution in [0.2, 0.25) is 10.0 Å². The van der Waals surface area contributed by atoms with Gasteiger partial charge in [0.25, 0.3) is 0 Å². The zero-order valence-corrected chi connectivity index (χ0v) is 73.0. The summed E-state index contributed by atoms with van der Waals surface area (Å²) in [6.07, 6.45) is 42.0. The molecule has 128 heavy (non-hydrogen) atoms. The van der Waals surface area contributed by atoms with E-state index in [1.54, 1.807) is 48.3 Å². The molecule has 4 aliphatic carbocycles. The van der Waals surface area contributed by atoms with Crippen LogP contribution in [0.25, 0.3) is 33.6 Å². The maximum Gasteiger partial charge on any atom is 0.341 e. The van der Waals surface area contributed by atoms with Gasteiger partial charge in [0.2, 0.25) is 0 Å². The summed E-state index contributed by atoms with van der Waals surface area (Å²) in [5, 5.41) is 31.4. The number of aromatic nitrogens is 20. The molecule has 4 saturated heterocycles. The zero-order chi connectivity index (χ0) is 87.6. The number of rotatable bonds is 25. The summed E-state index contributed by atoms with van der Waals surface area (Å²) < 4.78 is 48.4. The molecule has 35 heteroatoms. The van der Waals surface area contributed by atoms with E-state index in [1.165, 1.54) is 79.8 Å². The van der Waals surface area contributed by atoms with Gasteiger partial charge in [0.15, 0.2) is 5.78 Å². The molecule has 8 aliphatic rings. The van der Waals surface area contributed by atoms with Crippen LogP contribution < -0.4 is 5.73 Å². The average molecular weight is 1790 g/mol. The molecule has 24 rings (SSSR count). The minimum Gasteiger partial charge on any atom is -0.478 e. The molecule has 0 aromatic carbocycles. The predicted molar refractivity (Wildman–Crippen MR) is 475 cm³/mol. The molecule has 0 radical (unpaired) electrons. The summed E-state index contributed by atoms with van der Waals surface area (Å²) in [5.41, 5.74) is 27.1. The van der Waals surface area contributed by atoms with Gasteiger partial charge in [-0.05, 0) is 166 Å². The van der Waals surface area contributed by atoms with E-state index in [0.29, 0.717) is 161 Å². The molecule has 4 N–H and O–H groups in total. The number of nitrogens with zero attached hydrogens (tertiary/aromatic N) is 19. The van der Waals surface area contributed by atoms with Gasteiger partial charge >= 0.3 is 17.9 Å². The number of imidazole rings is 6. The topological polar surface area (TPSA) is 356 Å². The highest BCUT2D eigenvalue weighted by atomic mass is 35.5. The Hall–Kier alpha value is -12.3. The number of pyridine rings is 6. The van der Waals surface area contributed by atoms with Crippen LogP contribution in [0.4, 0.5) is 0 Å². The van der Waals surface area contributed by atoms with Gasteiger partial charge in [0, 0.05) is 109 Å². The number of ketones is 1. The Balaban J connectivity index is 0.000000104. The van der Waals surface area contributed by atoms with Crippen LogP contribution in [0.5, 0.6) is 0 Å². The van der Waals surface area contributed by atoms with Crippen molar-refractivity contribution in [2.24, 2.45) is 5.73 Å². The third kappa shape index (κ3) is 19.4. The highest BCUT2D eigenvalue weighted by molar-refractivity contribution is 6.31. The van der Waals surface area contributed by atoms with Crippen LogP contribution in [-0.4, -0.2) is 191 Å². The number of carbonyl (C=O) groups excluding carboxylic acids is 3. The fraction of sp³-hybridized carbons (Fsp3) is 0.376. The number of aryl methyl sites for hydroxylation is 1. The van der Waals surface area contributed by atoms with Gasteiger partial charge in [0.1, 0.15) is 39.3 Å². The van der Waals surface area contributed by atoms with E-state index in [2.05, 4.69) is 132 Å². The van der Waals surface area contributed by atoms with Crippen molar-refractivity contribution in [2.45, 2.75) is 157 Å². The molecule has 0 spiro atoms. The Kier molecular flexibility index (Phi) is 25.0. The molecule has 8 fully saturated rings. The molecule has 4 aliphatic heterocycles. The van der Waals surface area contributed by atoms with E-state index in [0.717, 1.165) is 90.8 Å². The number of Topliss-reactive ketones (excluding diaryl/α,β-unsaturated/α-hetero) is 1. The van der Waals surface area contributed by atoms with Gasteiger partial charge in [-0.3, -0.25) is 23.9 Å². The number of fused-ring (bicyclic) bond motifs is 6. The van der Waals surface area contributed by atoms with Crippen molar-refractivity contribution in [2.75, 3.05) is 66.1 Å². The van der Waals surface area contributed by atoms with Gasteiger partial charge in [0.05, 0.1) is 202 Å². The van der Waals surface area contributed by atoms with Crippen LogP contribution in [0, 0.1) is 0 Å². The first-order valence-electron chi connectivity index (χ1n) is 43.5. The summed E-state index contributed by atoms with van der Waals surface area (Å²) in [4.78, 5) is 75.6. The number of ether oxygens (including phenoxy) is 6. The largest absolute Gasteiger partial charge is 0.478 e. The fourth-order valence-electron chi connectivity index (χ4n) is 16.2. The maximum atomic E-state index is 13.3. The molecule has 32 nitrogen and oxygen atoms in total. The van der Waals surface area contributed by atoms with Crippen LogP contribution in [0.3, 0.4) is 0 Å². The zero-order valence-electron chi connectivity index (χ0n) is 70.7. The van der Waals surface area contributed by atoms with Crippen molar-refractivity contribution in [3.8, 4) is 0 Å². The molecular weight excluding hydrogens is 1690 g/mol. The molecule has 16 aromatic heterocycles. The van der Waals surface area contributed by atoms with Gasteiger partial charge in [-0.1, -0.05) is 47.5 Å². The Morgan fingerprint density at radius 2 is 0.828 bits per heavy atom. The van der Waals surface area contributed by atoms with E-state index in [1.807, 2.05) is 85.4 Å². The molecule has 0 bridgehead atoms. The lowest BCUT2D eigenvalue weighted by molar-refractivity contribution is 0.00565. The lowest BCUT2D eigenvalue weighted by atomic mass is 9.96. The smallest absolute Gasteiger partial charge is 0.341 e. The first-order valence-corrected chi connectivity index (χ1v) is 44.8. The SMILES string of the molecule is CCOC(=O)c1cn(Cc2cn3cc(C4CC4)ccc3n2)nc1C1COC1.CCOC(=O)c1cn[nH]c1C1COC1.ClCc1cn2cc(C3CC3)ccc2n1.NCc1ncn2ccc(Cl)cc12.O=C(CCc1ncn2ccc(Cl)cc12)c1cn(Cc2cn3cc(C4CC4)ccc3n2)nc1C1COC1.O=C(O)c1cn(Cc2cn3cc(C4CC4)ccc3n2)nc1C1COC1. The van der Waals surface area contributed by atoms with Crippen LogP contribution >= 0.6 is 34.8 Å². The highest BCUT2D eigenvalue weighted by Gasteiger charge is 2.35. The minimum atomic E-state index is -0.947. The lowest BCUT2D eigenvalue weighted by Crippen LogP contribution is -2.27. The summed E-state index contributed by atoms with van der Waals surface area (Å²) >= 11 is 17.7. The normalized spacial score (nSPS) is 16.2. The lowest BCUT2D eigenvalue weighted by Gasteiger charge is -2.25. The monoisotopic (exact) mass is 1790 g/mol. The Morgan fingerprint density at radius 1 is 0.453 bits per heavy atom. The second-order valence-electron chi connectivity index (χ2n) is 33.6. The number of carboxylic acid groups (broad SMARTS) is 1. The van der Waals surface area contributed by atoms with E-state index in [9.17, 15) is 24.3 Å². The predicted octanol–water partition coefficient (Wildman–Crippen LogP) is 14.8. The molecule has 0 atom stereocenters. The number of carbonyl (C=O) groups is 4. The number of H-pyrrole nitrogens is 1. The number of alkyl halides is 1. The number of esters is 2. The number of hydrogen-bond donors (Lipinski definition) is 3. The number of aromatic carboxylic acids is 1. The summed E-state index contributed by atoms with van der Waals surface area (Å²) in [5.74, 6) is 2.52. The third-order valence-corrected chi connectivity index (χ3v) is 24.8.